The van der Waals surface area contributed by atoms with E-state index in [0.29, 0.717) is 19.3 Å². The van der Waals surface area contributed by atoms with Crippen molar-refractivity contribution in [3.05, 3.63) is 0 Å². The molecule has 0 saturated heterocycles. The molecular formula is C64H124O6. The summed E-state index contributed by atoms with van der Waals surface area (Å²) in [5, 5.41) is 0. The summed E-state index contributed by atoms with van der Waals surface area (Å²) >= 11 is 0. The molecule has 0 radical (unpaired) electrons. The number of carbonyl (C=O) groups excluding carboxylic acids is 3. The van der Waals surface area contributed by atoms with E-state index in [9.17, 15) is 14.4 Å². The average molecular weight is 990 g/mol. The van der Waals surface area contributed by atoms with E-state index in [1.807, 2.05) is 0 Å². The summed E-state index contributed by atoms with van der Waals surface area (Å²) in [7, 11) is 0. The summed E-state index contributed by atoms with van der Waals surface area (Å²) in [6.07, 6.45) is 68.7. The van der Waals surface area contributed by atoms with Crippen molar-refractivity contribution < 1.29 is 28.6 Å². The Kier molecular flexibility index (Phi) is 58.6. The number of carbonyl (C=O) groups is 3. The number of ether oxygens (including phenoxy) is 3. The molecule has 0 fully saturated rings. The Morgan fingerprint density at radius 3 is 0.571 bits per heavy atom. The molecule has 1 atom stereocenters. The van der Waals surface area contributed by atoms with Crippen LogP contribution in [0.25, 0.3) is 0 Å². The molecule has 0 bridgehead atoms. The second-order valence-electron chi connectivity index (χ2n) is 22.1. The quantitative estimate of drug-likeness (QED) is 0.0343. The van der Waals surface area contributed by atoms with Crippen molar-refractivity contribution in [2.24, 2.45) is 0 Å². The molecule has 0 amide bonds. The molecule has 0 saturated carbocycles. The summed E-state index contributed by atoms with van der Waals surface area (Å²) in [6.45, 7) is 6.68. The van der Waals surface area contributed by atoms with Crippen molar-refractivity contribution >= 4 is 17.9 Å². The molecule has 70 heavy (non-hydrogen) atoms. The van der Waals surface area contributed by atoms with Gasteiger partial charge in [-0.05, 0) is 19.3 Å². The summed E-state index contributed by atoms with van der Waals surface area (Å²) in [5.41, 5.74) is 0. The van der Waals surface area contributed by atoms with Crippen LogP contribution < -0.4 is 0 Å². The van der Waals surface area contributed by atoms with E-state index in [0.717, 1.165) is 57.8 Å². The van der Waals surface area contributed by atoms with E-state index < -0.39 is 6.10 Å². The molecule has 6 nitrogen and oxygen atoms in total. The predicted molar refractivity (Wildman–Crippen MR) is 303 cm³/mol. The number of hydrogen-bond donors (Lipinski definition) is 0. The molecular weight excluding hydrogens is 865 g/mol. The second kappa shape index (κ2) is 60.0. The zero-order valence-electron chi connectivity index (χ0n) is 47.8. The predicted octanol–water partition coefficient (Wildman–Crippen LogP) is 21.5. The molecule has 0 aliphatic rings. The van der Waals surface area contributed by atoms with E-state index >= 15 is 0 Å². The molecule has 0 aliphatic carbocycles. The van der Waals surface area contributed by atoms with Crippen molar-refractivity contribution in [1.29, 1.82) is 0 Å². The highest BCUT2D eigenvalue weighted by Crippen LogP contribution is 2.19. The van der Waals surface area contributed by atoms with Crippen LogP contribution >= 0.6 is 0 Å². The largest absolute Gasteiger partial charge is 0.462 e. The fraction of sp³-hybridized carbons (Fsp3) is 0.953. The lowest BCUT2D eigenvalue weighted by Crippen LogP contribution is -2.30. The van der Waals surface area contributed by atoms with Gasteiger partial charge in [0.2, 0.25) is 0 Å². The molecule has 416 valence electrons. The highest BCUT2D eigenvalue weighted by Gasteiger charge is 2.19. The Labute approximate surface area is 438 Å². The van der Waals surface area contributed by atoms with Crippen LogP contribution in [0.4, 0.5) is 0 Å². The fourth-order valence-corrected chi connectivity index (χ4v) is 10.0. The normalized spacial score (nSPS) is 11.9. The Morgan fingerprint density at radius 1 is 0.229 bits per heavy atom. The maximum atomic E-state index is 12.8. The first-order valence-electron chi connectivity index (χ1n) is 32.0. The molecule has 0 aromatic heterocycles. The van der Waals surface area contributed by atoms with Crippen LogP contribution in [0.1, 0.15) is 374 Å². The van der Waals surface area contributed by atoms with Crippen molar-refractivity contribution in [2.45, 2.75) is 380 Å². The molecule has 6 heteroatoms. The summed E-state index contributed by atoms with van der Waals surface area (Å²) in [6, 6.07) is 0. The number of esters is 3. The molecule has 0 N–H and O–H groups in total. The van der Waals surface area contributed by atoms with E-state index in [-0.39, 0.29) is 31.1 Å². The van der Waals surface area contributed by atoms with Crippen LogP contribution in [-0.2, 0) is 28.6 Å². The first-order valence-corrected chi connectivity index (χ1v) is 32.0. The maximum absolute atomic E-state index is 12.8. The van der Waals surface area contributed by atoms with Gasteiger partial charge < -0.3 is 14.2 Å². The fourth-order valence-electron chi connectivity index (χ4n) is 10.0. The van der Waals surface area contributed by atoms with Crippen LogP contribution in [0.15, 0.2) is 0 Å². The van der Waals surface area contributed by atoms with Gasteiger partial charge in [0.05, 0.1) is 0 Å². The minimum Gasteiger partial charge on any atom is -0.462 e. The lowest BCUT2D eigenvalue weighted by molar-refractivity contribution is -0.167. The summed E-state index contributed by atoms with van der Waals surface area (Å²) in [4.78, 5) is 38.0. The Hall–Kier alpha value is -1.59. The van der Waals surface area contributed by atoms with E-state index in [4.69, 9.17) is 14.2 Å². The molecule has 0 aromatic carbocycles. The van der Waals surface area contributed by atoms with Crippen LogP contribution in [0.5, 0.6) is 0 Å². The van der Waals surface area contributed by atoms with Gasteiger partial charge in [0.15, 0.2) is 6.10 Å². The monoisotopic (exact) mass is 989 g/mol. The summed E-state index contributed by atoms with van der Waals surface area (Å²) in [5.74, 6) is -0.839. The lowest BCUT2D eigenvalue weighted by atomic mass is 10.0. The molecule has 0 aromatic rings. The smallest absolute Gasteiger partial charge is 0.306 e. The van der Waals surface area contributed by atoms with E-state index in [1.54, 1.807) is 0 Å². The Balaban J connectivity index is 3.91. The van der Waals surface area contributed by atoms with Gasteiger partial charge in [0.1, 0.15) is 13.2 Å². The first-order chi connectivity index (χ1) is 34.5. The third kappa shape index (κ3) is 57.3. The number of hydrogen-bond acceptors (Lipinski definition) is 6. The van der Waals surface area contributed by atoms with E-state index in [2.05, 4.69) is 20.8 Å². The standard InChI is InChI=1S/C64H124O6/c1-4-7-10-13-16-19-21-22-23-24-25-26-27-28-29-30-31-32-33-34-35-36-37-38-39-40-41-43-45-48-51-54-57-63(66)69-60-61(59-68-62(65)56-53-50-47-44-18-15-12-9-6-3)70-64(67)58-55-52-49-46-42-20-17-14-11-8-5-2/h61H,4-60H2,1-3H3. The third-order valence-corrected chi connectivity index (χ3v) is 14.9. The van der Waals surface area contributed by atoms with Gasteiger partial charge in [0, 0.05) is 19.3 Å². The van der Waals surface area contributed by atoms with Gasteiger partial charge in [-0.25, -0.2) is 0 Å². The van der Waals surface area contributed by atoms with Crippen LogP contribution in [-0.4, -0.2) is 37.2 Å². The van der Waals surface area contributed by atoms with Gasteiger partial charge in [-0.15, -0.1) is 0 Å². The topological polar surface area (TPSA) is 78.9 Å². The highest BCUT2D eigenvalue weighted by molar-refractivity contribution is 5.71. The van der Waals surface area contributed by atoms with E-state index in [1.165, 1.54) is 276 Å². The zero-order valence-corrected chi connectivity index (χ0v) is 47.8. The number of unbranched alkanes of at least 4 members (excludes halogenated alkanes) is 49. The summed E-state index contributed by atoms with van der Waals surface area (Å²) < 4.78 is 16.8. The number of rotatable bonds is 60. The molecule has 0 rings (SSSR count). The van der Waals surface area contributed by atoms with Gasteiger partial charge in [-0.1, -0.05) is 335 Å². The SMILES string of the molecule is CCCCCCCCCCCCCCCCCCCCCCCCCCCCCCCCCCC(=O)OCC(COC(=O)CCCCCCCCCCC)OC(=O)CCCCCCCCCCCCC. The average Bonchev–Trinajstić information content (AvgIpc) is 3.36. The van der Waals surface area contributed by atoms with Crippen molar-refractivity contribution in [1.82, 2.24) is 0 Å². The zero-order chi connectivity index (χ0) is 50.7. The highest BCUT2D eigenvalue weighted by atomic mass is 16.6. The van der Waals surface area contributed by atoms with Crippen molar-refractivity contribution in [3.63, 3.8) is 0 Å². The molecule has 0 spiro atoms. The minimum atomic E-state index is -0.760. The van der Waals surface area contributed by atoms with Gasteiger partial charge in [-0.3, -0.25) is 14.4 Å². The first kappa shape index (κ1) is 68.4. The molecule has 0 heterocycles. The van der Waals surface area contributed by atoms with Crippen LogP contribution in [0, 0.1) is 0 Å². The Bertz CT molecular complexity index is 1040. The lowest BCUT2D eigenvalue weighted by Gasteiger charge is -2.18. The van der Waals surface area contributed by atoms with Crippen LogP contribution in [0.2, 0.25) is 0 Å². The molecule has 0 aliphatic heterocycles. The minimum absolute atomic E-state index is 0.0617. The second-order valence-corrected chi connectivity index (χ2v) is 22.1. The van der Waals surface area contributed by atoms with Crippen LogP contribution in [0.3, 0.4) is 0 Å². The van der Waals surface area contributed by atoms with Gasteiger partial charge in [0.25, 0.3) is 0 Å². The maximum Gasteiger partial charge on any atom is 0.306 e. The molecule has 1 unspecified atom stereocenters. The van der Waals surface area contributed by atoms with Crippen molar-refractivity contribution in [3.8, 4) is 0 Å². The third-order valence-electron chi connectivity index (χ3n) is 14.9. The van der Waals surface area contributed by atoms with Crippen molar-refractivity contribution in [2.75, 3.05) is 13.2 Å². The van der Waals surface area contributed by atoms with Gasteiger partial charge in [-0.2, -0.15) is 0 Å². The van der Waals surface area contributed by atoms with Gasteiger partial charge >= 0.3 is 17.9 Å². The Morgan fingerprint density at radius 2 is 0.386 bits per heavy atom.